The topological polar surface area (TPSA) is 74.3 Å². The number of hydrogen-bond donors (Lipinski definition) is 2. The van der Waals surface area contributed by atoms with Crippen molar-refractivity contribution >= 4 is 34.1 Å². The van der Waals surface area contributed by atoms with Crippen LogP contribution in [0, 0.1) is 0 Å². The molecule has 2 N–H and O–H groups in total. The standard InChI is InChI=1S/C17H18F2N4O2S/c1-17(18,19)11-4-2-5-12(8-11)21-14(24)9-13-10-26-16(22-13)23-7-3-6-20-15(23)25/h2,4-5,8,10H,3,6-7,9H2,1H3,(H,20,25)(H,21,24). The van der Waals surface area contributed by atoms with Gasteiger partial charge in [-0.3, -0.25) is 9.69 Å². The number of nitrogens with zero attached hydrogens (tertiary/aromatic N) is 2. The second-order valence-electron chi connectivity index (χ2n) is 6.05. The number of nitrogens with one attached hydrogen (secondary N) is 2. The number of carbonyl (C=O) groups excluding carboxylic acids is 2. The van der Waals surface area contributed by atoms with Gasteiger partial charge in [0, 0.05) is 36.6 Å². The monoisotopic (exact) mass is 380 g/mol. The fourth-order valence-electron chi connectivity index (χ4n) is 2.55. The summed E-state index contributed by atoms with van der Waals surface area (Å²) in [5, 5.41) is 7.60. The number of hydrogen-bond acceptors (Lipinski definition) is 4. The van der Waals surface area contributed by atoms with E-state index >= 15 is 0 Å². The van der Waals surface area contributed by atoms with Crippen LogP contribution < -0.4 is 15.5 Å². The number of thiazole rings is 1. The second kappa shape index (κ2) is 7.36. The molecule has 0 aliphatic carbocycles. The lowest BCUT2D eigenvalue weighted by Gasteiger charge is -2.24. The molecular weight excluding hydrogens is 362 g/mol. The summed E-state index contributed by atoms with van der Waals surface area (Å²) in [6.07, 6.45) is 0.832. The number of aromatic nitrogens is 1. The first-order chi connectivity index (χ1) is 12.3. The first-order valence-corrected chi connectivity index (χ1v) is 8.99. The van der Waals surface area contributed by atoms with Gasteiger partial charge in [-0.25, -0.2) is 18.6 Å². The minimum Gasteiger partial charge on any atom is -0.338 e. The van der Waals surface area contributed by atoms with Crippen LogP contribution in [-0.2, 0) is 17.1 Å². The summed E-state index contributed by atoms with van der Waals surface area (Å²) < 4.78 is 26.7. The highest BCUT2D eigenvalue weighted by Crippen LogP contribution is 2.28. The van der Waals surface area contributed by atoms with Crippen LogP contribution in [0.25, 0.3) is 0 Å². The van der Waals surface area contributed by atoms with E-state index in [4.69, 9.17) is 0 Å². The first kappa shape index (κ1) is 18.2. The molecule has 1 fully saturated rings. The molecule has 0 saturated carbocycles. The summed E-state index contributed by atoms with van der Waals surface area (Å²) >= 11 is 1.29. The molecule has 2 aromatic rings. The van der Waals surface area contributed by atoms with Gasteiger partial charge >= 0.3 is 6.03 Å². The number of carbonyl (C=O) groups is 2. The second-order valence-corrected chi connectivity index (χ2v) is 6.89. The molecule has 9 heteroatoms. The molecule has 26 heavy (non-hydrogen) atoms. The number of urea groups is 1. The molecular formula is C17H18F2N4O2S. The molecule has 1 saturated heterocycles. The SMILES string of the molecule is CC(F)(F)c1cccc(NC(=O)Cc2csc(N3CCCNC3=O)n2)c1. The van der Waals surface area contributed by atoms with E-state index in [0.29, 0.717) is 29.6 Å². The fourth-order valence-corrected chi connectivity index (χ4v) is 3.40. The summed E-state index contributed by atoms with van der Waals surface area (Å²) in [7, 11) is 0. The quantitative estimate of drug-likeness (QED) is 0.835. The minimum atomic E-state index is -2.97. The molecule has 1 aromatic heterocycles. The third kappa shape index (κ3) is 4.34. The Morgan fingerprint density at radius 1 is 1.46 bits per heavy atom. The highest BCUT2D eigenvalue weighted by molar-refractivity contribution is 7.14. The summed E-state index contributed by atoms with van der Waals surface area (Å²) in [4.78, 5) is 29.9. The maximum Gasteiger partial charge on any atom is 0.323 e. The van der Waals surface area contributed by atoms with Gasteiger partial charge in [-0.15, -0.1) is 11.3 Å². The summed E-state index contributed by atoms with van der Waals surface area (Å²) in [6, 6.07) is 5.39. The van der Waals surface area contributed by atoms with Crippen LogP contribution in [-0.4, -0.2) is 30.0 Å². The van der Waals surface area contributed by atoms with E-state index in [1.165, 1.54) is 29.5 Å². The fraction of sp³-hybridized carbons (Fsp3) is 0.353. The van der Waals surface area contributed by atoms with E-state index in [2.05, 4.69) is 15.6 Å². The highest BCUT2D eigenvalue weighted by Gasteiger charge is 2.25. The maximum atomic E-state index is 13.4. The number of halogens is 2. The van der Waals surface area contributed by atoms with Crippen molar-refractivity contribution in [3.05, 3.63) is 40.9 Å². The molecule has 0 bridgehead atoms. The van der Waals surface area contributed by atoms with E-state index in [9.17, 15) is 18.4 Å². The predicted molar refractivity (Wildman–Crippen MR) is 95.8 cm³/mol. The Morgan fingerprint density at radius 2 is 2.27 bits per heavy atom. The molecule has 1 aromatic carbocycles. The highest BCUT2D eigenvalue weighted by atomic mass is 32.1. The molecule has 0 unspecified atom stereocenters. The molecule has 2 heterocycles. The summed E-state index contributed by atoms with van der Waals surface area (Å²) in [5.41, 5.74) is 0.667. The largest absolute Gasteiger partial charge is 0.338 e. The van der Waals surface area contributed by atoms with Crippen molar-refractivity contribution in [2.45, 2.75) is 25.7 Å². The van der Waals surface area contributed by atoms with Gasteiger partial charge < -0.3 is 10.6 Å². The van der Waals surface area contributed by atoms with E-state index < -0.39 is 5.92 Å². The van der Waals surface area contributed by atoms with Crippen LogP contribution in [0.2, 0.25) is 0 Å². The van der Waals surface area contributed by atoms with E-state index in [1.54, 1.807) is 16.3 Å². The van der Waals surface area contributed by atoms with Crippen molar-refractivity contribution in [3.8, 4) is 0 Å². The molecule has 3 rings (SSSR count). The molecule has 0 radical (unpaired) electrons. The first-order valence-electron chi connectivity index (χ1n) is 8.11. The zero-order chi connectivity index (χ0) is 18.7. The van der Waals surface area contributed by atoms with Crippen LogP contribution in [0.5, 0.6) is 0 Å². The maximum absolute atomic E-state index is 13.4. The van der Waals surface area contributed by atoms with Gasteiger partial charge in [0.25, 0.3) is 5.92 Å². The van der Waals surface area contributed by atoms with E-state index in [0.717, 1.165) is 13.3 Å². The molecule has 138 valence electrons. The Morgan fingerprint density at radius 3 is 3.00 bits per heavy atom. The Kier molecular flexibility index (Phi) is 5.17. The molecule has 6 nitrogen and oxygen atoms in total. The Labute approximate surface area is 153 Å². The van der Waals surface area contributed by atoms with Gasteiger partial charge in [-0.2, -0.15) is 0 Å². The Balaban J connectivity index is 1.63. The number of anilines is 2. The van der Waals surface area contributed by atoms with Crippen molar-refractivity contribution in [3.63, 3.8) is 0 Å². The molecule has 0 atom stereocenters. The van der Waals surface area contributed by atoms with E-state index in [1.807, 2.05) is 0 Å². The normalized spacial score (nSPS) is 14.9. The van der Waals surface area contributed by atoms with E-state index in [-0.39, 0.29) is 23.9 Å². The molecule has 3 amide bonds. The van der Waals surface area contributed by atoms with Gasteiger partial charge in [0.2, 0.25) is 5.91 Å². The van der Waals surface area contributed by atoms with Crippen molar-refractivity contribution < 1.29 is 18.4 Å². The van der Waals surface area contributed by atoms with Gasteiger partial charge in [0.1, 0.15) is 0 Å². The van der Waals surface area contributed by atoms with Crippen LogP contribution in [0.3, 0.4) is 0 Å². The van der Waals surface area contributed by atoms with Crippen molar-refractivity contribution in [2.24, 2.45) is 0 Å². The van der Waals surface area contributed by atoms with Gasteiger partial charge in [-0.1, -0.05) is 12.1 Å². The zero-order valence-electron chi connectivity index (χ0n) is 14.1. The Hall–Kier alpha value is -2.55. The van der Waals surface area contributed by atoms with Crippen molar-refractivity contribution in [2.75, 3.05) is 23.3 Å². The summed E-state index contributed by atoms with van der Waals surface area (Å²) in [5.74, 6) is -3.33. The summed E-state index contributed by atoms with van der Waals surface area (Å²) in [6.45, 7) is 2.04. The smallest absolute Gasteiger partial charge is 0.323 e. The minimum absolute atomic E-state index is 0.00129. The molecule has 1 aliphatic rings. The zero-order valence-corrected chi connectivity index (χ0v) is 14.9. The lowest BCUT2D eigenvalue weighted by molar-refractivity contribution is -0.115. The van der Waals surface area contributed by atoms with Crippen LogP contribution in [0.4, 0.5) is 24.4 Å². The molecule has 1 aliphatic heterocycles. The van der Waals surface area contributed by atoms with Crippen LogP contribution >= 0.6 is 11.3 Å². The van der Waals surface area contributed by atoms with Crippen LogP contribution in [0.1, 0.15) is 24.6 Å². The third-order valence-electron chi connectivity index (χ3n) is 3.85. The lowest BCUT2D eigenvalue weighted by Crippen LogP contribution is -2.46. The number of alkyl halides is 2. The lowest BCUT2D eigenvalue weighted by atomic mass is 10.1. The molecule has 0 spiro atoms. The number of benzene rings is 1. The van der Waals surface area contributed by atoms with Crippen molar-refractivity contribution in [1.82, 2.24) is 10.3 Å². The van der Waals surface area contributed by atoms with Gasteiger partial charge in [0.05, 0.1) is 12.1 Å². The number of rotatable bonds is 5. The van der Waals surface area contributed by atoms with Gasteiger partial charge in [-0.05, 0) is 18.6 Å². The predicted octanol–water partition coefficient (Wildman–Crippen LogP) is 3.36. The number of amides is 3. The van der Waals surface area contributed by atoms with Crippen LogP contribution in [0.15, 0.2) is 29.6 Å². The average molecular weight is 380 g/mol. The third-order valence-corrected chi connectivity index (χ3v) is 4.76. The van der Waals surface area contributed by atoms with Gasteiger partial charge in [0.15, 0.2) is 5.13 Å². The van der Waals surface area contributed by atoms with Crippen molar-refractivity contribution in [1.29, 1.82) is 0 Å². The average Bonchev–Trinajstić information content (AvgIpc) is 3.02. The Bertz CT molecular complexity index is 819.